The molecule has 8 nitrogen and oxygen atoms in total. The zero-order chi connectivity index (χ0) is 30.2. The average molecular weight is 604 g/mol. The second-order valence-corrected chi connectivity index (χ2v) is 11.8. The smallest absolute Gasteiger partial charge is 0.264 e. The Labute approximate surface area is 246 Å². The summed E-state index contributed by atoms with van der Waals surface area (Å²) in [5, 5.41) is 3.40. The summed E-state index contributed by atoms with van der Waals surface area (Å²) in [5.74, 6) is -1.06. The summed E-state index contributed by atoms with van der Waals surface area (Å²) in [4.78, 5) is 28.2. The summed E-state index contributed by atoms with van der Waals surface area (Å²) in [6.45, 7) is 7.01. The molecule has 2 atom stereocenters. The highest BCUT2D eigenvalue weighted by atomic mass is 35.5. The molecule has 11 heteroatoms. The first-order valence-corrected chi connectivity index (χ1v) is 15.1. The van der Waals surface area contributed by atoms with Crippen LogP contribution in [0.25, 0.3) is 0 Å². The van der Waals surface area contributed by atoms with Gasteiger partial charge in [-0.1, -0.05) is 30.7 Å². The van der Waals surface area contributed by atoms with Gasteiger partial charge in [-0.15, -0.1) is 0 Å². The number of carbonyl (C=O) groups excluding carboxylic acids is 2. The van der Waals surface area contributed by atoms with Crippen LogP contribution in [0.15, 0.2) is 77.7 Å². The zero-order valence-electron chi connectivity index (χ0n) is 23.5. The van der Waals surface area contributed by atoms with Gasteiger partial charge in [0.05, 0.1) is 17.2 Å². The summed E-state index contributed by atoms with van der Waals surface area (Å²) in [6.07, 6.45) is 0.697. The third kappa shape index (κ3) is 8.43. The molecule has 0 aliphatic heterocycles. The summed E-state index contributed by atoms with van der Waals surface area (Å²) < 4.78 is 47.8. The summed E-state index contributed by atoms with van der Waals surface area (Å²) in [6, 6.07) is 16.4. The van der Waals surface area contributed by atoms with Crippen LogP contribution in [0.3, 0.4) is 0 Å². The Morgan fingerprint density at radius 3 is 2.12 bits per heavy atom. The fraction of sp³-hybridized carbons (Fsp3) is 0.333. The minimum Gasteiger partial charge on any atom is -0.494 e. The lowest BCUT2D eigenvalue weighted by Gasteiger charge is -2.32. The maximum Gasteiger partial charge on any atom is 0.264 e. The SMILES string of the molecule is CCOc1ccc(S(=O)(=O)N(CC(=O)N(Cc2ccc(Cl)cc2)[C@H](C)C(=O)N[C@H](C)CC)c2ccc(F)cc2)cc1. The van der Waals surface area contributed by atoms with E-state index in [2.05, 4.69) is 5.32 Å². The molecule has 3 aromatic carbocycles. The normalized spacial score (nSPS) is 12.7. The Kier molecular flexibility index (Phi) is 11.1. The standard InChI is InChI=1S/C30H35ClFN3O5S/c1-5-21(3)33-30(37)22(4)34(19-23-7-9-24(31)10-8-23)29(36)20-35(26-13-11-25(32)12-14-26)41(38,39)28-17-15-27(16-18-28)40-6-2/h7-18,21-22H,5-6,19-20H2,1-4H3,(H,33,37)/t21-,22-/m1/s1. The number of hydrogen-bond acceptors (Lipinski definition) is 5. The Balaban J connectivity index is 2.01. The molecule has 0 saturated heterocycles. The predicted molar refractivity (Wildman–Crippen MR) is 158 cm³/mol. The van der Waals surface area contributed by atoms with Gasteiger partial charge in [-0.2, -0.15) is 0 Å². The van der Waals surface area contributed by atoms with Crippen LogP contribution in [0.1, 0.15) is 39.7 Å². The van der Waals surface area contributed by atoms with E-state index in [9.17, 15) is 22.4 Å². The van der Waals surface area contributed by atoms with Gasteiger partial charge >= 0.3 is 0 Å². The molecule has 3 rings (SSSR count). The van der Waals surface area contributed by atoms with Crippen LogP contribution in [-0.2, 0) is 26.2 Å². The molecule has 3 aromatic rings. The number of ether oxygens (including phenoxy) is 1. The highest BCUT2D eigenvalue weighted by Gasteiger charge is 2.33. The van der Waals surface area contributed by atoms with Crippen LogP contribution in [0, 0.1) is 5.82 Å². The summed E-state index contributed by atoms with van der Waals surface area (Å²) >= 11 is 6.03. The molecule has 1 N–H and O–H groups in total. The Morgan fingerprint density at radius 1 is 0.951 bits per heavy atom. The van der Waals surface area contributed by atoms with Crippen LogP contribution in [0.5, 0.6) is 5.75 Å². The van der Waals surface area contributed by atoms with Crippen molar-refractivity contribution in [2.45, 2.75) is 57.6 Å². The number of nitrogens with zero attached hydrogens (tertiary/aromatic N) is 2. The highest BCUT2D eigenvalue weighted by Crippen LogP contribution is 2.26. The van der Waals surface area contributed by atoms with Gasteiger partial charge in [-0.3, -0.25) is 13.9 Å². The number of rotatable bonds is 13. The van der Waals surface area contributed by atoms with Crippen LogP contribution in [-0.4, -0.2) is 50.4 Å². The number of anilines is 1. The second-order valence-electron chi connectivity index (χ2n) is 9.53. The quantitative estimate of drug-likeness (QED) is 0.282. The third-order valence-electron chi connectivity index (χ3n) is 6.55. The summed E-state index contributed by atoms with van der Waals surface area (Å²) in [7, 11) is -4.28. The monoisotopic (exact) mass is 603 g/mol. The van der Waals surface area contributed by atoms with Crippen molar-refractivity contribution in [1.29, 1.82) is 0 Å². The fourth-order valence-corrected chi connectivity index (χ4v) is 5.51. The molecule has 0 fully saturated rings. The van der Waals surface area contributed by atoms with Gasteiger partial charge in [0.15, 0.2) is 0 Å². The first-order chi connectivity index (χ1) is 19.5. The molecular formula is C30H35ClFN3O5S. The topological polar surface area (TPSA) is 96.0 Å². The fourth-order valence-electron chi connectivity index (χ4n) is 3.97. The lowest BCUT2D eigenvalue weighted by atomic mass is 10.1. The molecule has 0 spiro atoms. The molecule has 2 amide bonds. The van der Waals surface area contributed by atoms with Crippen molar-refractivity contribution in [2.75, 3.05) is 17.5 Å². The predicted octanol–water partition coefficient (Wildman–Crippen LogP) is 5.41. The van der Waals surface area contributed by atoms with Gasteiger partial charge in [-0.25, -0.2) is 12.8 Å². The maximum absolute atomic E-state index is 13.9. The van der Waals surface area contributed by atoms with Gasteiger partial charge in [0, 0.05) is 17.6 Å². The van der Waals surface area contributed by atoms with E-state index in [4.69, 9.17) is 16.3 Å². The maximum atomic E-state index is 13.9. The number of amides is 2. The molecular weight excluding hydrogens is 569 g/mol. The Bertz CT molecular complexity index is 1420. The van der Waals surface area contributed by atoms with Crippen LogP contribution in [0.4, 0.5) is 10.1 Å². The Morgan fingerprint density at radius 2 is 1.56 bits per heavy atom. The van der Waals surface area contributed by atoms with E-state index in [1.807, 2.05) is 20.8 Å². The molecule has 0 unspecified atom stereocenters. The average Bonchev–Trinajstić information content (AvgIpc) is 2.96. The minimum atomic E-state index is -4.28. The number of halogens is 2. The number of benzene rings is 3. The molecule has 0 radical (unpaired) electrons. The van der Waals surface area contributed by atoms with E-state index >= 15 is 0 Å². The van der Waals surface area contributed by atoms with Crippen LogP contribution in [0.2, 0.25) is 5.02 Å². The van der Waals surface area contributed by atoms with E-state index in [1.54, 1.807) is 31.2 Å². The second kappa shape index (κ2) is 14.3. The van der Waals surface area contributed by atoms with Gasteiger partial charge in [0.25, 0.3) is 10.0 Å². The largest absolute Gasteiger partial charge is 0.494 e. The first-order valence-electron chi connectivity index (χ1n) is 13.3. The van der Waals surface area contributed by atoms with Crippen LogP contribution >= 0.6 is 11.6 Å². The number of carbonyl (C=O) groups is 2. The van der Waals surface area contributed by atoms with Gasteiger partial charge in [-0.05, 0) is 93.4 Å². The number of hydrogen-bond donors (Lipinski definition) is 1. The van der Waals surface area contributed by atoms with Gasteiger partial charge < -0.3 is 15.0 Å². The number of nitrogens with one attached hydrogen (secondary N) is 1. The molecule has 0 heterocycles. The Hall–Kier alpha value is -3.63. The van der Waals surface area contributed by atoms with E-state index in [-0.39, 0.29) is 29.1 Å². The molecule has 0 aliphatic rings. The molecule has 0 aromatic heterocycles. The number of sulfonamides is 1. The molecule has 0 aliphatic carbocycles. The molecule has 41 heavy (non-hydrogen) atoms. The molecule has 0 bridgehead atoms. The van der Waals surface area contributed by atoms with E-state index in [0.717, 1.165) is 16.4 Å². The summed E-state index contributed by atoms with van der Waals surface area (Å²) in [5.41, 5.74) is 0.797. The van der Waals surface area contributed by atoms with Crippen molar-refractivity contribution < 1.29 is 27.1 Å². The van der Waals surface area contributed by atoms with Crippen molar-refractivity contribution in [3.05, 3.63) is 89.2 Å². The van der Waals surface area contributed by atoms with E-state index in [1.165, 1.54) is 41.3 Å². The van der Waals surface area contributed by atoms with Crippen molar-refractivity contribution in [3.8, 4) is 5.75 Å². The lowest BCUT2D eigenvalue weighted by Crippen LogP contribution is -2.52. The van der Waals surface area contributed by atoms with Crippen molar-refractivity contribution >= 4 is 39.1 Å². The van der Waals surface area contributed by atoms with Gasteiger partial charge in [0.2, 0.25) is 11.8 Å². The van der Waals surface area contributed by atoms with Crippen molar-refractivity contribution in [1.82, 2.24) is 10.2 Å². The van der Waals surface area contributed by atoms with E-state index in [0.29, 0.717) is 29.4 Å². The van der Waals surface area contributed by atoms with Crippen LogP contribution < -0.4 is 14.4 Å². The third-order valence-corrected chi connectivity index (χ3v) is 8.59. The molecule has 0 saturated carbocycles. The zero-order valence-corrected chi connectivity index (χ0v) is 25.1. The minimum absolute atomic E-state index is 0.0332. The van der Waals surface area contributed by atoms with Crippen molar-refractivity contribution in [3.63, 3.8) is 0 Å². The highest BCUT2D eigenvalue weighted by molar-refractivity contribution is 7.92. The lowest BCUT2D eigenvalue weighted by molar-refractivity contribution is -0.139. The molecule has 220 valence electrons. The van der Waals surface area contributed by atoms with Gasteiger partial charge in [0.1, 0.15) is 24.2 Å². The van der Waals surface area contributed by atoms with Crippen molar-refractivity contribution in [2.24, 2.45) is 0 Å². The van der Waals surface area contributed by atoms with E-state index < -0.39 is 34.3 Å². The first kappa shape index (κ1) is 31.9.